The summed E-state index contributed by atoms with van der Waals surface area (Å²) in [5.41, 5.74) is 5.21. The Bertz CT molecular complexity index is 842. The third-order valence-electron chi connectivity index (χ3n) is 4.39. The lowest BCUT2D eigenvalue weighted by Crippen LogP contribution is -2.27. The Kier molecular flexibility index (Phi) is 4.64. The monoisotopic (exact) mass is 325 g/mol. The van der Waals surface area contributed by atoms with Gasteiger partial charge in [0.25, 0.3) is 0 Å². The van der Waals surface area contributed by atoms with Crippen LogP contribution in [0.1, 0.15) is 28.9 Å². The van der Waals surface area contributed by atoms with Crippen LogP contribution in [0.4, 0.5) is 0 Å². The van der Waals surface area contributed by atoms with E-state index < -0.39 is 0 Å². The molecule has 24 heavy (non-hydrogen) atoms. The van der Waals surface area contributed by atoms with Gasteiger partial charge in [-0.25, -0.2) is 0 Å². The average Bonchev–Trinajstić information content (AvgIpc) is 3.11. The van der Waals surface area contributed by atoms with Gasteiger partial charge in [0.1, 0.15) is 0 Å². The maximum Gasteiger partial charge on any atom is 0.224 e. The van der Waals surface area contributed by atoms with Crippen molar-refractivity contribution in [3.8, 4) is 0 Å². The van der Waals surface area contributed by atoms with Crippen LogP contribution in [0.5, 0.6) is 0 Å². The number of amides is 1. The van der Waals surface area contributed by atoms with Crippen molar-refractivity contribution in [2.24, 2.45) is 0 Å². The second-order valence-corrected chi connectivity index (χ2v) is 6.17. The molecule has 126 valence electrons. The van der Waals surface area contributed by atoms with Gasteiger partial charge < -0.3 is 5.32 Å². The van der Waals surface area contributed by atoms with E-state index in [1.807, 2.05) is 30.8 Å². The van der Waals surface area contributed by atoms with Gasteiger partial charge in [-0.2, -0.15) is 10.2 Å². The second-order valence-electron chi connectivity index (χ2n) is 6.17. The lowest BCUT2D eigenvalue weighted by molar-refractivity contribution is -0.120. The van der Waals surface area contributed by atoms with E-state index in [-0.39, 0.29) is 5.91 Å². The molecule has 3 aromatic rings. The van der Waals surface area contributed by atoms with Crippen molar-refractivity contribution < 1.29 is 4.79 Å². The fourth-order valence-electron chi connectivity index (χ4n) is 2.94. The minimum Gasteiger partial charge on any atom is -0.356 e. The van der Waals surface area contributed by atoms with Gasteiger partial charge in [0, 0.05) is 29.7 Å². The van der Waals surface area contributed by atoms with Crippen LogP contribution < -0.4 is 5.32 Å². The number of benzene rings is 1. The van der Waals surface area contributed by atoms with E-state index in [1.165, 1.54) is 10.9 Å². The van der Waals surface area contributed by atoms with Gasteiger partial charge in [-0.1, -0.05) is 12.1 Å². The predicted molar refractivity (Wildman–Crippen MR) is 93.9 cm³/mol. The van der Waals surface area contributed by atoms with Gasteiger partial charge >= 0.3 is 0 Å². The molecule has 3 rings (SSSR count). The van der Waals surface area contributed by atoms with Crippen LogP contribution in [-0.4, -0.2) is 32.4 Å². The molecule has 0 saturated carbocycles. The molecule has 0 unspecified atom stereocenters. The summed E-state index contributed by atoms with van der Waals surface area (Å²) in [6.45, 7) is 7.37. The van der Waals surface area contributed by atoms with Gasteiger partial charge in [-0.3, -0.25) is 14.6 Å². The second kappa shape index (κ2) is 6.86. The molecule has 6 nitrogen and oxygen atoms in total. The first-order chi connectivity index (χ1) is 11.6. The SMILES string of the molecule is Cc1n[nH]c(C)c1CC(=O)NCCCn1ncc2c(C)cccc21. The van der Waals surface area contributed by atoms with Gasteiger partial charge in [-0.05, 0) is 38.8 Å². The van der Waals surface area contributed by atoms with E-state index in [0.29, 0.717) is 13.0 Å². The van der Waals surface area contributed by atoms with Crippen molar-refractivity contribution in [2.45, 2.75) is 40.2 Å². The number of aromatic nitrogens is 4. The van der Waals surface area contributed by atoms with Crippen molar-refractivity contribution in [2.75, 3.05) is 6.54 Å². The molecule has 1 amide bonds. The predicted octanol–water partition coefficient (Wildman–Crippen LogP) is 2.43. The fraction of sp³-hybridized carbons (Fsp3) is 0.389. The molecule has 2 N–H and O–H groups in total. The summed E-state index contributed by atoms with van der Waals surface area (Å²) < 4.78 is 2.00. The number of carbonyl (C=O) groups is 1. The minimum absolute atomic E-state index is 0.0313. The third kappa shape index (κ3) is 3.32. The van der Waals surface area contributed by atoms with Crippen molar-refractivity contribution in [3.05, 3.63) is 46.9 Å². The van der Waals surface area contributed by atoms with E-state index in [0.717, 1.165) is 35.4 Å². The summed E-state index contributed by atoms with van der Waals surface area (Å²) in [5.74, 6) is 0.0313. The Morgan fingerprint density at radius 1 is 1.29 bits per heavy atom. The van der Waals surface area contributed by atoms with Crippen LogP contribution in [-0.2, 0) is 17.8 Å². The number of aryl methyl sites for hydroxylation is 4. The van der Waals surface area contributed by atoms with Crippen molar-refractivity contribution >= 4 is 16.8 Å². The highest BCUT2D eigenvalue weighted by atomic mass is 16.1. The van der Waals surface area contributed by atoms with Crippen LogP contribution in [0.3, 0.4) is 0 Å². The zero-order valence-electron chi connectivity index (χ0n) is 14.4. The summed E-state index contributed by atoms with van der Waals surface area (Å²) in [6.07, 6.45) is 3.13. The molecule has 6 heteroatoms. The van der Waals surface area contributed by atoms with Gasteiger partial charge in [-0.15, -0.1) is 0 Å². The van der Waals surface area contributed by atoms with Crippen LogP contribution in [0, 0.1) is 20.8 Å². The smallest absolute Gasteiger partial charge is 0.224 e. The molecule has 0 bridgehead atoms. The highest BCUT2D eigenvalue weighted by Gasteiger charge is 2.11. The van der Waals surface area contributed by atoms with Gasteiger partial charge in [0.15, 0.2) is 0 Å². The summed E-state index contributed by atoms with van der Waals surface area (Å²) in [7, 11) is 0. The summed E-state index contributed by atoms with van der Waals surface area (Å²) >= 11 is 0. The lowest BCUT2D eigenvalue weighted by atomic mass is 10.1. The number of hydrogen-bond acceptors (Lipinski definition) is 3. The van der Waals surface area contributed by atoms with E-state index in [9.17, 15) is 4.79 Å². The zero-order chi connectivity index (χ0) is 17.1. The molecular weight excluding hydrogens is 302 g/mol. The molecule has 0 radical (unpaired) electrons. The van der Waals surface area contributed by atoms with E-state index in [1.54, 1.807) is 0 Å². The quantitative estimate of drug-likeness (QED) is 0.684. The lowest BCUT2D eigenvalue weighted by Gasteiger charge is -2.07. The molecule has 0 saturated heterocycles. The number of hydrogen-bond donors (Lipinski definition) is 2. The minimum atomic E-state index is 0.0313. The first-order valence-corrected chi connectivity index (χ1v) is 8.24. The summed E-state index contributed by atoms with van der Waals surface area (Å²) in [5, 5.41) is 15.6. The van der Waals surface area contributed by atoms with Crippen LogP contribution in [0.15, 0.2) is 24.4 Å². The first kappa shape index (κ1) is 16.2. The van der Waals surface area contributed by atoms with E-state index in [2.05, 4.69) is 39.7 Å². The highest BCUT2D eigenvalue weighted by molar-refractivity contribution is 5.82. The molecule has 0 atom stereocenters. The number of aromatic amines is 1. The topological polar surface area (TPSA) is 75.6 Å². The zero-order valence-corrected chi connectivity index (χ0v) is 14.4. The average molecular weight is 325 g/mol. The Morgan fingerprint density at radius 3 is 2.88 bits per heavy atom. The summed E-state index contributed by atoms with van der Waals surface area (Å²) in [4.78, 5) is 12.1. The fourth-order valence-corrected chi connectivity index (χ4v) is 2.94. The molecular formula is C18H23N5O. The van der Waals surface area contributed by atoms with E-state index in [4.69, 9.17) is 0 Å². The van der Waals surface area contributed by atoms with Crippen molar-refractivity contribution in [1.29, 1.82) is 0 Å². The Hall–Kier alpha value is -2.63. The normalized spacial score (nSPS) is 11.1. The van der Waals surface area contributed by atoms with Gasteiger partial charge in [0.2, 0.25) is 5.91 Å². The van der Waals surface area contributed by atoms with Crippen LogP contribution in [0.25, 0.3) is 10.9 Å². The summed E-state index contributed by atoms with van der Waals surface area (Å²) in [6, 6.07) is 6.22. The maximum atomic E-state index is 12.1. The van der Waals surface area contributed by atoms with Gasteiger partial charge in [0.05, 0.1) is 23.8 Å². The third-order valence-corrected chi connectivity index (χ3v) is 4.39. The molecule has 0 aliphatic heterocycles. The Labute approximate surface area is 141 Å². The number of rotatable bonds is 6. The molecule has 0 fully saturated rings. The number of carbonyl (C=O) groups excluding carboxylic acids is 1. The van der Waals surface area contributed by atoms with Crippen LogP contribution >= 0.6 is 0 Å². The molecule has 1 aromatic carbocycles. The van der Waals surface area contributed by atoms with E-state index >= 15 is 0 Å². The molecule has 0 aliphatic rings. The number of fused-ring (bicyclic) bond motifs is 1. The molecule has 2 aromatic heterocycles. The standard InChI is InChI=1S/C18H23N5O/c1-12-6-4-7-17-16(12)11-20-23(17)9-5-8-19-18(24)10-15-13(2)21-22-14(15)3/h4,6-7,11H,5,8-10H2,1-3H3,(H,19,24)(H,21,22). The maximum absolute atomic E-state index is 12.1. The number of H-pyrrole nitrogens is 1. The molecule has 0 spiro atoms. The van der Waals surface area contributed by atoms with Crippen LogP contribution in [0.2, 0.25) is 0 Å². The Balaban J connectivity index is 1.50. The largest absolute Gasteiger partial charge is 0.356 e. The van der Waals surface area contributed by atoms with Crippen molar-refractivity contribution in [1.82, 2.24) is 25.3 Å². The number of nitrogens with zero attached hydrogens (tertiary/aromatic N) is 3. The highest BCUT2D eigenvalue weighted by Crippen LogP contribution is 2.17. The molecule has 0 aliphatic carbocycles. The number of nitrogens with one attached hydrogen (secondary N) is 2. The van der Waals surface area contributed by atoms with Crippen molar-refractivity contribution in [3.63, 3.8) is 0 Å². The molecule has 2 heterocycles. The Morgan fingerprint density at radius 2 is 2.12 bits per heavy atom. The first-order valence-electron chi connectivity index (χ1n) is 8.24.